The predicted molar refractivity (Wildman–Crippen MR) is 64.0 cm³/mol. The van der Waals surface area contributed by atoms with E-state index in [1.165, 1.54) is 0 Å². The SMILES string of the molecule is CCC(CCO)CNC(=O)C(C)C1CNC1. The van der Waals surface area contributed by atoms with Gasteiger partial charge in [0.1, 0.15) is 0 Å². The van der Waals surface area contributed by atoms with Gasteiger partial charge >= 0.3 is 0 Å². The molecule has 0 saturated carbocycles. The van der Waals surface area contributed by atoms with Crippen LogP contribution in [0.2, 0.25) is 0 Å². The van der Waals surface area contributed by atoms with Crippen LogP contribution in [-0.2, 0) is 4.79 Å². The number of carbonyl (C=O) groups is 1. The molecule has 16 heavy (non-hydrogen) atoms. The molecule has 1 amide bonds. The van der Waals surface area contributed by atoms with Crippen molar-refractivity contribution >= 4 is 5.91 Å². The fourth-order valence-corrected chi connectivity index (χ4v) is 1.92. The molecule has 1 saturated heterocycles. The van der Waals surface area contributed by atoms with E-state index in [9.17, 15) is 4.79 Å². The van der Waals surface area contributed by atoms with E-state index in [4.69, 9.17) is 5.11 Å². The third-order valence-electron chi connectivity index (χ3n) is 3.61. The smallest absolute Gasteiger partial charge is 0.223 e. The molecule has 0 bridgehead atoms. The number of rotatable bonds is 7. The maximum atomic E-state index is 11.8. The molecule has 1 aliphatic rings. The number of hydrogen-bond donors (Lipinski definition) is 3. The molecule has 4 heteroatoms. The molecule has 0 aromatic carbocycles. The number of carbonyl (C=O) groups excluding carboxylic acids is 1. The fourth-order valence-electron chi connectivity index (χ4n) is 1.92. The molecule has 94 valence electrons. The molecule has 1 aliphatic heterocycles. The molecule has 1 heterocycles. The molecular formula is C12H24N2O2. The molecule has 1 fully saturated rings. The molecule has 2 atom stereocenters. The summed E-state index contributed by atoms with van der Waals surface area (Å²) in [5.41, 5.74) is 0. The van der Waals surface area contributed by atoms with Gasteiger partial charge in [0.05, 0.1) is 0 Å². The molecule has 0 aromatic heterocycles. The summed E-state index contributed by atoms with van der Waals surface area (Å²) in [6.07, 6.45) is 1.77. The first-order chi connectivity index (χ1) is 7.69. The summed E-state index contributed by atoms with van der Waals surface area (Å²) >= 11 is 0. The van der Waals surface area contributed by atoms with Gasteiger partial charge in [-0.15, -0.1) is 0 Å². The first kappa shape index (κ1) is 13.5. The Morgan fingerprint density at radius 1 is 1.56 bits per heavy atom. The van der Waals surface area contributed by atoms with Crippen molar-refractivity contribution in [2.45, 2.75) is 26.7 Å². The highest BCUT2D eigenvalue weighted by Gasteiger charge is 2.28. The summed E-state index contributed by atoms with van der Waals surface area (Å²) in [5.74, 6) is 1.16. The van der Waals surface area contributed by atoms with E-state index in [1.54, 1.807) is 0 Å². The van der Waals surface area contributed by atoms with Crippen molar-refractivity contribution in [2.75, 3.05) is 26.2 Å². The van der Waals surface area contributed by atoms with Gasteiger partial charge in [0, 0.05) is 19.1 Å². The number of amides is 1. The lowest BCUT2D eigenvalue weighted by atomic mass is 9.88. The Hall–Kier alpha value is -0.610. The summed E-state index contributed by atoms with van der Waals surface area (Å²) in [6.45, 7) is 6.90. The highest BCUT2D eigenvalue weighted by atomic mass is 16.3. The standard InChI is InChI=1S/C12H24N2O2/c1-3-10(4-5-15)6-14-12(16)9(2)11-7-13-8-11/h9-11,13,15H,3-8H2,1-2H3,(H,14,16). The van der Waals surface area contributed by atoms with Crippen molar-refractivity contribution in [3.05, 3.63) is 0 Å². The minimum Gasteiger partial charge on any atom is -0.396 e. The quantitative estimate of drug-likeness (QED) is 0.590. The lowest BCUT2D eigenvalue weighted by Gasteiger charge is -2.32. The molecule has 0 radical (unpaired) electrons. The minimum atomic E-state index is 0.105. The topological polar surface area (TPSA) is 61.4 Å². The van der Waals surface area contributed by atoms with Gasteiger partial charge in [-0.05, 0) is 31.3 Å². The van der Waals surface area contributed by atoms with E-state index in [2.05, 4.69) is 17.6 Å². The first-order valence-electron chi connectivity index (χ1n) is 6.28. The molecule has 0 aromatic rings. The number of aliphatic hydroxyl groups is 1. The van der Waals surface area contributed by atoms with Crippen molar-refractivity contribution in [1.82, 2.24) is 10.6 Å². The maximum absolute atomic E-state index is 11.8. The molecule has 4 nitrogen and oxygen atoms in total. The predicted octanol–water partition coefficient (Wildman–Crippen LogP) is 0.367. The normalized spacial score (nSPS) is 19.9. The summed E-state index contributed by atoms with van der Waals surface area (Å²) in [4.78, 5) is 11.8. The zero-order chi connectivity index (χ0) is 12.0. The first-order valence-corrected chi connectivity index (χ1v) is 6.28. The van der Waals surface area contributed by atoms with Gasteiger partial charge in [0.25, 0.3) is 0 Å². The van der Waals surface area contributed by atoms with Crippen molar-refractivity contribution in [3.63, 3.8) is 0 Å². The second-order valence-corrected chi connectivity index (χ2v) is 4.74. The molecule has 0 aliphatic carbocycles. The molecule has 2 unspecified atom stereocenters. The maximum Gasteiger partial charge on any atom is 0.223 e. The summed E-state index contributed by atoms with van der Waals surface area (Å²) in [5, 5.41) is 15.0. The average Bonchev–Trinajstić information content (AvgIpc) is 2.21. The van der Waals surface area contributed by atoms with Crippen LogP contribution in [0.3, 0.4) is 0 Å². The van der Waals surface area contributed by atoms with Gasteiger partial charge < -0.3 is 15.7 Å². The Morgan fingerprint density at radius 2 is 2.25 bits per heavy atom. The Bertz CT molecular complexity index is 217. The van der Waals surface area contributed by atoms with Crippen molar-refractivity contribution in [1.29, 1.82) is 0 Å². The summed E-state index contributed by atoms with van der Waals surface area (Å²) < 4.78 is 0. The monoisotopic (exact) mass is 228 g/mol. The summed E-state index contributed by atoms with van der Waals surface area (Å²) in [6, 6.07) is 0. The van der Waals surface area contributed by atoms with Crippen LogP contribution >= 0.6 is 0 Å². The largest absolute Gasteiger partial charge is 0.396 e. The van der Waals surface area contributed by atoms with E-state index >= 15 is 0 Å². The van der Waals surface area contributed by atoms with Gasteiger partial charge in [0.15, 0.2) is 0 Å². The van der Waals surface area contributed by atoms with Crippen LogP contribution in [0, 0.1) is 17.8 Å². The van der Waals surface area contributed by atoms with Gasteiger partial charge in [-0.2, -0.15) is 0 Å². The second-order valence-electron chi connectivity index (χ2n) is 4.74. The average molecular weight is 228 g/mol. The minimum absolute atomic E-state index is 0.105. The fraction of sp³-hybridized carbons (Fsp3) is 0.917. The van der Waals surface area contributed by atoms with Gasteiger partial charge in [0.2, 0.25) is 5.91 Å². The molecule has 3 N–H and O–H groups in total. The Balaban J connectivity index is 2.22. The molecular weight excluding hydrogens is 204 g/mol. The Kier molecular flexibility index (Phi) is 5.77. The Morgan fingerprint density at radius 3 is 2.69 bits per heavy atom. The van der Waals surface area contributed by atoms with E-state index < -0.39 is 0 Å². The lowest BCUT2D eigenvalue weighted by Crippen LogP contribution is -2.50. The number of aliphatic hydroxyl groups excluding tert-OH is 1. The van der Waals surface area contributed by atoms with Gasteiger partial charge in [-0.3, -0.25) is 4.79 Å². The Labute approximate surface area is 97.8 Å². The van der Waals surface area contributed by atoms with Crippen molar-refractivity contribution < 1.29 is 9.90 Å². The number of hydrogen-bond acceptors (Lipinski definition) is 3. The van der Waals surface area contributed by atoms with Crippen LogP contribution in [0.1, 0.15) is 26.7 Å². The third-order valence-corrected chi connectivity index (χ3v) is 3.61. The highest BCUT2D eigenvalue weighted by Crippen LogP contribution is 2.16. The van der Waals surface area contributed by atoms with E-state index in [0.29, 0.717) is 18.4 Å². The third kappa shape index (κ3) is 3.76. The van der Waals surface area contributed by atoms with Crippen LogP contribution in [0.4, 0.5) is 0 Å². The van der Waals surface area contributed by atoms with E-state index in [0.717, 1.165) is 25.9 Å². The van der Waals surface area contributed by atoms with E-state index in [-0.39, 0.29) is 18.4 Å². The second kappa shape index (κ2) is 6.86. The number of nitrogens with one attached hydrogen (secondary N) is 2. The zero-order valence-corrected chi connectivity index (χ0v) is 10.3. The van der Waals surface area contributed by atoms with Crippen LogP contribution in [0.25, 0.3) is 0 Å². The van der Waals surface area contributed by atoms with Gasteiger partial charge in [-0.25, -0.2) is 0 Å². The molecule has 1 rings (SSSR count). The van der Waals surface area contributed by atoms with Gasteiger partial charge in [-0.1, -0.05) is 20.3 Å². The van der Waals surface area contributed by atoms with Crippen molar-refractivity contribution in [2.24, 2.45) is 17.8 Å². The zero-order valence-electron chi connectivity index (χ0n) is 10.3. The van der Waals surface area contributed by atoms with Crippen LogP contribution < -0.4 is 10.6 Å². The van der Waals surface area contributed by atoms with Crippen LogP contribution in [0.15, 0.2) is 0 Å². The van der Waals surface area contributed by atoms with Crippen molar-refractivity contribution in [3.8, 4) is 0 Å². The molecule has 0 spiro atoms. The lowest BCUT2D eigenvalue weighted by molar-refractivity contribution is -0.126. The van der Waals surface area contributed by atoms with E-state index in [1.807, 2.05) is 6.92 Å². The summed E-state index contributed by atoms with van der Waals surface area (Å²) in [7, 11) is 0. The van der Waals surface area contributed by atoms with Crippen LogP contribution in [-0.4, -0.2) is 37.3 Å². The van der Waals surface area contributed by atoms with Crippen LogP contribution in [0.5, 0.6) is 0 Å². The highest BCUT2D eigenvalue weighted by molar-refractivity contribution is 5.78.